The summed E-state index contributed by atoms with van der Waals surface area (Å²) in [5.41, 5.74) is 5.18. The molecule has 0 aromatic heterocycles. The third kappa shape index (κ3) is 3.68. The Hall–Kier alpha value is -2.13. The van der Waals surface area contributed by atoms with E-state index in [0.717, 1.165) is 19.5 Å². The first-order valence-corrected chi connectivity index (χ1v) is 8.85. The molecule has 0 N–H and O–H groups in total. The Morgan fingerprint density at radius 2 is 1.33 bits per heavy atom. The molecule has 2 aromatic carbocycles. The Labute approximate surface area is 144 Å². The lowest BCUT2D eigenvalue weighted by atomic mass is 9.93. The predicted molar refractivity (Wildman–Crippen MR) is 97.7 cm³/mol. The fraction of sp³-hybridized carbons (Fsp3) is 0.381. The van der Waals surface area contributed by atoms with Crippen molar-refractivity contribution in [2.45, 2.75) is 33.4 Å². The van der Waals surface area contributed by atoms with Crippen molar-refractivity contribution in [3.05, 3.63) is 70.8 Å². The Kier molecular flexibility index (Phi) is 5.31. The van der Waals surface area contributed by atoms with Crippen molar-refractivity contribution in [2.24, 2.45) is 0 Å². The van der Waals surface area contributed by atoms with Gasteiger partial charge in [0.2, 0.25) is 5.91 Å². The third-order valence-electron chi connectivity index (χ3n) is 4.95. The molecule has 24 heavy (non-hydrogen) atoms. The molecule has 2 aromatic rings. The van der Waals surface area contributed by atoms with Crippen LogP contribution >= 0.6 is 0 Å². The number of fused-ring (bicyclic) bond motifs is 2. The van der Waals surface area contributed by atoms with E-state index < -0.39 is 0 Å². The van der Waals surface area contributed by atoms with Gasteiger partial charge in [0, 0.05) is 13.1 Å². The molecule has 0 fully saturated rings. The van der Waals surface area contributed by atoms with E-state index in [0.29, 0.717) is 19.6 Å². The second-order valence-corrected chi connectivity index (χ2v) is 6.43. The van der Waals surface area contributed by atoms with E-state index in [1.807, 2.05) is 4.90 Å². The molecule has 1 amide bonds. The van der Waals surface area contributed by atoms with Crippen molar-refractivity contribution in [1.82, 2.24) is 9.80 Å². The second-order valence-electron chi connectivity index (χ2n) is 6.43. The van der Waals surface area contributed by atoms with Crippen molar-refractivity contribution in [2.75, 3.05) is 19.6 Å². The maximum Gasteiger partial charge on any atom is 0.237 e. The normalized spacial score (nSPS) is 13.9. The van der Waals surface area contributed by atoms with Gasteiger partial charge in [-0.05, 0) is 41.8 Å². The van der Waals surface area contributed by atoms with Gasteiger partial charge in [0.1, 0.15) is 0 Å². The summed E-state index contributed by atoms with van der Waals surface area (Å²) in [6.07, 6.45) is 0.949. The van der Waals surface area contributed by atoms with Crippen LogP contribution in [-0.4, -0.2) is 35.3 Å². The molecule has 0 aliphatic carbocycles. The number of benzene rings is 2. The third-order valence-corrected chi connectivity index (χ3v) is 4.95. The van der Waals surface area contributed by atoms with Crippen molar-refractivity contribution >= 4 is 5.91 Å². The van der Waals surface area contributed by atoms with Gasteiger partial charge in [0.25, 0.3) is 0 Å². The standard InChI is InChI=1S/C21H26N2O/c1-3-22(4-2)16-21(24)23-14-19-11-7-5-9-17(19)13-18-10-6-8-12-20(18)15-23/h5-12H,3-4,13-16H2,1-2H3. The second kappa shape index (κ2) is 7.63. The molecule has 1 aliphatic rings. The maximum atomic E-state index is 12.9. The number of amides is 1. The molecule has 0 bridgehead atoms. The number of carbonyl (C=O) groups excluding carboxylic acids is 1. The average molecular weight is 322 g/mol. The molecule has 3 rings (SSSR count). The number of hydrogen-bond donors (Lipinski definition) is 0. The molecular weight excluding hydrogens is 296 g/mol. The number of hydrogen-bond acceptors (Lipinski definition) is 2. The summed E-state index contributed by atoms with van der Waals surface area (Å²) < 4.78 is 0. The average Bonchev–Trinajstić information content (AvgIpc) is 2.59. The quantitative estimate of drug-likeness (QED) is 0.860. The van der Waals surface area contributed by atoms with Gasteiger partial charge < -0.3 is 4.90 Å². The van der Waals surface area contributed by atoms with Crippen LogP contribution in [0.3, 0.4) is 0 Å². The molecule has 0 saturated carbocycles. The molecule has 0 spiro atoms. The first-order chi connectivity index (χ1) is 11.7. The van der Waals surface area contributed by atoms with Gasteiger partial charge in [-0.3, -0.25) is 9.69 Å². The number of likely N-dealkylation sites (N-methyl/N-ethyl adjacent to an activating group) is 1. The topological polar surface area (TPSA) is 23.6 Å². The van der Waals surface area contributed by atoms with E-state index in [1.165, 1.54) is 22.3 Å². The molecule has 1 aliphatic heterocycles. The molecule has 3 heteroatoms. The minimum atomic E-state index is 0.213. The zero-order valence-corrected chi connectivity index (χ0v) is 14.7. The first-order valence-electron chi connectivity index (χ1n) is 8.85. The molecule has 3 nitrogen and oxygen atoms in total. The summed E-state index contributed by atoms with van der Waals surface area (Å²) >= 11 is 0. The first kappa shape index (κ1) is 16.7. The fourth-order valence-electron chi connectivity index (χ4n) is 3.36. The zero-order valence-electron chi connectivity index (χ0n) is 14.7. The van der Waals surface area contributed by atoms with E-state index in [9.17, 15) is 4.79 Å². The van der Waals surface area contributed by atoms with Crippen molar-refractivity contribution in [3.63, 3.8) is 0 Å². The molecule has 1 heterocycles. The summed E-state index contributed by atoms with van der Waals surface area (Å²) in [7, 11) is 0. The van der Waals surface area contributed by atoms with Crippen LogP contribution in [-0.2, 0) is 24.3 Å². The highest BCUT2D eigenvalue weighted by atomic mass is 16.2. The molecule has 126 valence electrons. The van der Waals surface area contributed by atoms with Crippen molar-refractivity contribution in [1.29, 1.82) is 0 Å². The molecule has 0 radical (unpaired) electrons. The Bertz CT molecular complexity index is 659. The summed E-state index contributed by atoms with van der Waals surface area (Å²) in [4.78, 5) is 17.1. The smallest absolute Gasteiger partial charge is 0.237 e. The van der Waals surface area contributed by atoms with Gasteiger partial charge in [-0.25, -0.2) is 0 Å². The number of rotatable bonds is 4. The van der Waals surface area contributed by atoms with Gasteiger partial charge in [-0.1, -0.05) is 62.4 Å². The van der Waals surface area contributed by atoms with Crippen LogP contribution in [0.2, 0.25) is 0 Å². The summed E-state index contributed by atoms with van der Waals surface area (Å²) in [5.74, 6) is 0.213. The molecule has 0 unspecified atom stereocenters. The molecular formula is C21H26N2O. The number of nitrogens with zero attached hydrogens (tertiary/aromatic N) is 2. The largest absolute Gasteiger partial charge is 0.333 e. The lowest BCUT2D eigenvalue weighted by Gasteiger charge is -2.30. The van der Waals surface area contributed by atoms with E-state index >= 15 is 0 Å². The lowest BCUT2D eigenvalue weighted by molar-refractivity contribution is -0.133. The minimum absolute atomic E-state index is 0.213. The summed E-state index contributed by atoms with van der Waals surface area (Å²) in [5, 5.41) is 0. The molecule has 0 atom stereocenters. The highest BCUT2D eigenvalue weighted by Crippen LogP contribution is 2.24. The van der Waals surface area contributed by atoms with Crippen molar-refractivity contribution < 1.29 is 4.79 Å². The molecule has 0 saturated heterocycles. The van der Waals surface area contributed by atoms with E-state index in [2.05, 4.69) is 67.3 Å². The van der Waals surface area contributed by atoms with Gasteiger partial charge in [-0.15, -0.1) is 0 Å². The van der Waals surface area contributed by atoms with Crippen LogP contribution in [0.15, 0.2) is 48.5 Å². The number of carbonyl (C=O) groups is 1. The minimum Gasteiger partial charge on any atom is -0.333 e. The van der Waals surface area contributed by atoms with E-state index in [4.69, 9.17) is 0 Å². The Morgan fingerprint density at radius 1 is 0.875 bits per heavy atom. The van der Waals surface area contributed by atoms with Gasteiger partial charge in [0.05, 0.1) is 6.54 Å². The van der Waals surface area contributed by atoms with Crippen LogP contribution < -0.4 is 0 Å². The van der Waals surface area contributed by atoms with Crippen LogP contribution in [0.25, 0.3) is 0 Å². The Morgan fingerprint density at radius 3 is 1.79 bits per heavy atom. The van der Waals surface area contributed by atoms with Gasteiger partial charge >= 0.3 is 0 Å². The highest BCUT2D eigenvalue weighted by molar-refractivity contribution is 5.78. The summed E-state index contributed by atoms with van der Waals surface area (Å²) in [6, 6.07) is 17.0. The van der Waals surface area contributed by atoms with Crippen molar-refractivity contribution in [3.8, 4) is 0 Å². The zero-order chi connectivity index (χ0) is 16.9. The van der Waals surface area contributed by atoms with Crippen LogP contribution in [0.4, 0.5) is 0 Å². The Balaban J connectivity index is 1.92. The monoisotopic (exact) mass is 322 g/mol. The van der Waals surface area contributed by atoms with Gasteiger partial charge in [0.15, 0.2) is 0 Å². The van der Waals surface area contributed by atoms with Crippen LogP contribution in [0, 0.1) is 0 Å². The SMILES string of the molecule is CCN(CC)CC(=O)N1Cc2ccccc2Cc2ccccc2C1. The van der Waals surface area contributed by atoms with E-state index in [1.54, 1.807) is 0 Å². The fourth-order valence-corrected chi connectivity index (χ4v) is 3.36. The predicted octanol–water partition coefficient (Wildman–Crippen LogP) is 3.46. The lowest BCUT2D eigenvalue weighted by Crippen LogP contribution is -2.40. The van der Waals surface area contributed by atoms with Gasteiger partial charge in [-0.2, -0.15) is 0 Å². The maximum absolute atomic E-state index is 12.9. The van der Waals surface area contributed by atoms with E-state index in [-0.39, 0.29) is 5.91 Å². The summed E-state index contributed by atoms with van der Waals surface area (Å²) in [6.45, 7) is 7.92. The van der Waals surface area contributed by atoms with Crippen LogP contribution in [0.1, 0.15) is 36.1 Å². The van der Waals surface area contributed by atoms with Crippen LogP contribution in [0.5, 0.6) is 0 Å². The highest BCUT2D eigenvalue weighted by Gasteiger charge is 2.21.